The highest BCUT2D eigenvalue weighted by Gasteiger charge is 2.28. The molecule has 2 aromatic rings. The molecule has 1 aliphatic rings. The van der Waals surface area contributed by atoms with Gasteiger partial charge in [-0.1, -0.05) is 12.1 Å². The summed E-state index contributed by atoms with van der Waals surface area (Å²) in [6.45, 7) is 0.905. The molecule has 0 N–H and O–H groups in total. The van der Waals surface area contributed by atoms with Crippen molar-refractivity contribution in [2.75, 3.05) is 26.6 Å². The number of ether oxygens (including phenoxy) is 3. The smallest absolute Gasteiger partial charge is 0.258 e. The van der Waals surface area contributed by atoms with E-state index in [0.29, 0.717) is 48.2 Å². The number of nitrogens with zero attached hydrogens (tertiary/aromatic N) is 1. The molecule has 0 bridgehead atoms. The third kappa shape index (κ3) is 4.05. The van der Waals surface area contributed by atoms with Gasteiger partial charge in [0.15, 0.2) is 0 Å². The molecule has 0 saturated heterocycles. The molecule has 26 heavy (non-hydrogen) atoms. The maximum Gasteiger partial charge on any atom is 0.258 e. The monoisotopic (exact) mass is 375 g/mol. The number of para-hydroxylation sites is 1. The summed E-state index contributed by atoms with van der Waals surface area (Å²) in [6.07, 6.45) is 0.522. The lowest BCUT2D eigenvalue weighted by atomic mass is 10.1. The van der Waals surface area contributed by atoms with Crippen LogP contribution < -0.4 is 14.2 Å². The first-order valence-corrected chi connectivity index (χ1v) is 9.01. The second kappa shape index (κ2) is 8.32. The van der Waals surface area contributed by atoms with Gasteiger partial charge in [0.1, 0.15) is 23.4 Å². The normalized spacial score (nSPS) is 16.5. The first-order chi connectivity index (χ1) is 12.6. The van der Waals surface area contributed by atoms with Gasteiger partial charge in [-0.2, -0.15) is 0 Å². The molecule has 0 saturated carbocycles. The van der Waals surface area contributed by atoms with E-state index < -0.39 is 0 Å². The zero-order valence-electron chi connectivity index (χ0n) is 14.9. The zero-order valence-corrected chi connectivity index (χ0v) is 15.7. The number of alkyl halides is 1. The van der Waals surface area contributed by atoms with Crippen molar-refractivity contribution in [3.05, 3.63) is 53.6 Å². The molecule has 1 atom stereocenters. The summed E-state index contributed by atoms with van der Waals surface area (Å²) in [4.78, 5) is 14.8. The molecular formula is C20H22ClNO4. The minimum Gasteiger partial charge on any atom is -0.497 e. The molecule has 0 aliphatic carbocycles. The minimum absolute atomic E-state index is 0.0561. The van der Waals surface area contributed by atoms with Crippen molar-refractivity contribution in [2.24, 2.45) is 0 Å². The Kier molecular flexibility index (Phi) is 5.89. The van der Waals surface area contributed by atoms with E-state index in [0.717, 1.165) is 5.56 Å². The minimum atomic E-state index is -0.146. The van der Waals surface area contributed by atoms with Crippen LogP contribution in [0.25, 0.3) is 0 Å². The highest BCUT2D eigenvalue weighted by atomic mass is 35.5. The molecule has 1 unspecified atom stereocenters. The molecular weight excluding hydrogens is 354 g/mol. The molecule has 1 amide bonds. The Balaban J connectivity index is 1.91. The fourth-order valence-electron chi connectivity index (χ4n) is 3.05. The average molecular weight is 376 g/mol. The van der Waals surface area contributed by atoms with E-state index in [-0.39, 0.29) is 12.0 Å². The molecule has 6 heteroatoms. The zero-order chi connectivity index (χ0) is 18.5. The largest absolute Gasteiger partial charge is 0.497 e. The number of benzene rings is 2. The van der Waals surface area contributed by atoms with Crippen LogP contribution in [0.4, 0.5) is 0 Å². The molecule has 138 valence electrons. The van der Waals surface area contributed by atoms with Crippen LogP contribution in [0.5, 0.6) is 17.2 Å². The van der Waals surface area contributed by atoms with Crippen LogP contribution in [0.2, 0.25) is 0 Å². The summed E-state index contributed by atoms with van der Waals surface area (Å²) in [5.74, 6) is 2.41. The number of rotatable bonds is 6. The molecule has 1 aliphatic heterocycles. The van der Waals surface area contributed by atoms with Crippen molar-refractivity contribution < 1.29 is 19.0 Å². The first kappa shape index (κ1) is 18.4. The van der Waals surface area contributed by atoms with Gasteiger partial charge in [-0.25, -0.2) is 0 Å². The number of methoxy groups -OCH3 is 2. The van der Waals surface area contributed by atoms with E-state index >= 15 is 0 Å². The Labute approximate surface area is 158 Å². The standard InChI is InChI=1S/C20H22ClNO4/c1-24-16-9-14(10-17(11-16)25-2)12-22-13-15(7-8-21)26-19-6-4-3-5-18(19)20(22)23/h3-6,9-11,15H,7-8,12-13H2,1-2H3. The lowest BCUT2D eigenvalue weighted by molar-refractivity contribution is 0.0692. The highest BCUT2D eigenvalue weighted by molar-refractivity contribution is 6.17. The molecule has 2 aromatic carbocycles. The average Bonchev–Trinajstić information content (AvgIpc) is 2.79. The van der Waals surface area contributed by atoms with Crippen molar-refractivity contribution in [3.63, 3.8) is 0 Å². The number of hydrogen-bond donors (Lipinski definition) is 0. The van der Waals surface area contributed by atoms with Gasteiger partial charge in [0.05, 0.1) is 26.3 Å². The van der Waals surface area contributed by atoms with Crippen LogP contribution in [-0.4, -0.2) is 43.6 Å². The van der Waals surface area contributed by atoms with Crippen molar-refractivity contribution in [1.29, 1.82) is 0 Å². The highest BCUT2D eigenvalue weighted by Crippen LogP contribution is 2.28. The Bertz CT molecular complexity index is 758. The number of fused-ring (bicyclic) bond motifs is 1. The molecule has 5 nitrogen and oxygen atoms in total. The van der Waals surface area contributed by atoms with Crippen LogP contribution in [0.15, 0.2) is 42.5 Å². The molecule has 1 heterocycles. The quantitative estimate of drug-likeness (QED) is 0.722. The third-order valence-electron chi connectivity index (χ3n) is 4.34. The predicted molar refractivity (Wildman–Crippen MR) is 100 cm³/mol. The van der Waals surface area contributed by atoms with E-state index in [1.807, 2.05) is 36.4 Å². The van der Waals surface area contributed by atoms with E-state index in [1.54, 1.807) is 25.2 Å². The summed E-state index contributed by atoms with van der Waals surface area (Å²) in [7, 11) is 3.21. The number of halogens is 1. The summed E-state index contributed by atoms with van der Waals surface area (Å²) in [5, 5.41) is 0. The lowest BCUT2D eigenvalue weighted by Gasteiger charge is -2.24. The van der Waals surface area contributed by atoms with Gasteiger partial charge in [0.2, 0.25) is 0 Å². The predicted octanol–water partition coefficient (Wildman–Crippen LogP) is 3.74. The number of carbonyl (C=O) groups is 1. The van der Waals surface area contributed by atoms with Gasteiger partial charge in [0, 0.05) is 18.5 Å². The summed E-state index contributed by atoms with van der Waals surface area (Å²) in [6, 6.07) is 12.9. The van der Waals surface area contributed by atoms with Crippen LogP contribution in [0.3, 0.4) is 0 Å². The van der Waals surface area contributed by atoms with Gasteiger partial charge in [-0.15, -0.1) is 11.6 Å². The number of amides is 1. The summed E-state index contributed by atoms with van der Waals surface area (Å²) in [5.41, 5.74) is 1.50. The third-order valence-corrected chi connectivity index (χ3v) is 4.56. The van der Waals surface area contributed by atoms with Crippen LogP contribution in [0, 0.1) is 0 Å². The molecule has 0 radical (unpaired) electrons. The second-order valence-electron chi connectivity index (χ2n) is 6.12. The molecule has 3 rings (SSSR count). The molecule has 0 fully saturated rings. The van der Waals surface area contributed by atoms with Crippen LogP contribution >= 0.6 is 11.6 Å². The van der Waals surface area contributed by atoms with Gasteiger partial charge >= 0.3 is 0 Å². The molecule has 0 spiro atoms. The van der Waals surface area contributed by atoms with Crippen molar-refractivity contribution in [2.45, 2.75) is 19.1 Å². The van der Waals surface area contributed by atoms with Crippen molar-refractivity contribution in [3.8, 4) is 17.2 Å². The fourth-order valence-corrected chi connectivity index (χ4v) is 3.29. The van der Waals surface area contributed by atoms with E-state index in [9.17, 15) is 4.79 Å². The Morgan fingerprint density at radius 3 is 2.50 bits per heavy atom. The van der Waals surface area contributed by atoms with Crippen molar-refractivity contribution >= 4 is 17.5 Å². The fraction of sp³-hybridized carbons (Fsp3) is 0.350. The van der Waals surface area contributed by atoms with Crippen LogP contribution in [0.1, 0.15) is 22.3 Å². The van der Waals surface area contributed by atoms with Gasteiger partial charge in [-0.05, 0) is 36.2 Å². The van der Waals surface area contributed by atoms with Crippen LogP contribution in [-0.2, 0) is 6.54 Å². The summed E-state index contributed by atoms with van der Waals surface area (Å²) < 4.78 is 16.7. The lowest BCUT2D eigenvalue weighted by Crippen LogP contribution is -2.36. The SMILES string of the molecule is COc1cc(CN2CC(CCCl)Oc3ccccc3C2=O)cc(OC)c1. The van der Waals surface area contributed by atoms with E-state index in [1.165, 1.54) is 0 Å². The Morgan fingerprint density at radius 2 is 1.85 bits per heavy atom. The second-order valence-corrected chi connectivity index (χ2v) is 6.50. The Hall–Kier alpha value is -2.40. The van der Waals surface area contributed by atoms with Gasteiger partial charge in [0.25, 0.3) is 5.91 Å². The maximum atomic E-state index is 13.1. The topological polar surface area (TPSA) is 48.0 Å². The maximum absolute atomic E-state index is 13.1. The van der Waals surface area contributed by atoms with Crippen molar-refractivity contribution in [1.82, 2.24) is 4.90 Å². The summed E-state index contributed by atoms with van der Waals surface area (Å²) >= 11 is 5.92. The van der Waals surface area contributed by atoms with Gasteiger partial charge in [-0.3, -0.25) is 4.79 Å². The van der Waals surface area contributed by atoms with Gasteiger partial charge < -0.3 is 19.1 Å². The number of hydrogen-bond acceptors (Lipinski definition) is 4. The Morgan fingerprint density at radius 1 is 1.15 bits per heavy atom. The van der Waals surface area contributed by atoms with E-state index in [2.05, 4.69) is 0 Å². The van der Waals surface area contributed by atoms with E-state index in [4.69, 9.17) is 25.8 Å². The molecule has 0 aromatic heterocycles. The number of carbonyl (C=O) groups excluding carboxylic acids is 1. The first-order valence-electron chi connectivity index (χ1n) is 8.47.